The highest BCUT2D eigenvalue weighted by Crippen LogP contribution is 2.29. The molecule has 7 atom stereocenters. The highest BCUT2D eigenvalue weighted by atomic mass is 35.5. The van der Waals surface area contributed by atoms with E-state index in [4.69, 9.17) is 31.9 Å². The number of aliphatic hydroxyl groups excluding tert-OH is 5. The number of aliphatic hydroxyl groups is 5. The van der Waals surface area contributed by atoms with Crippen LogP contribution in [-0.2, 0) is 14.3 Å². The summed E-state index contributed by atoms with van der Waals surface area (Å²) in [6, 6.07) is 2.89. The molecule has 0 saturated carbocycles. The Morgan fingerprint density at radius 3 is 2.33 bits per heavy atom. The van der Waals surface area contributed by atoms with Crippen LogP contribution in [0.25, 0.3) is 0 Å². The van der Waals surface area contributed by atoms with E-state index in [1.807, 2.05) is 11.9 Å². The number of nitrogens with zero attached hydrogens (tertiary/aromatic N) is 3. The van der Waals surface area contributed by atoms with Gasteiger partial charge < -0.3 is 61.2 Å². The number of nitrogens with two attached hydrogens (primary N) is 1. The molecule has 2 heterocycles. The van der Waals surface area contributed by atoms with Crippen LogP contribution in [0.1, 0.15) is 87.4 Å². The smallest absolute Gasteiger partial charge is 0.255 e. The molecule has 314 valence electrons. The molecule has 1 unspecified atom stereocenters. The summed E-state index contributed by atoms with van der Waals surface area (Å²) < 4.78 is 11.1. The number of carbonyl (C=O) groups excluding carboxylic acids is 3. The van der Waals surface area contributed by atoms with Crippen molar-refractivity contribution in [3.05, 3.63) is 22.7 Å². The molecule has 2 saturated heterocycles. The minimum absolute atomic E-state index is 0.0584. The molecule has 0 spiro atoms. The number of rotatable bonds is 23. The summed E-state index contributed by atoms with van der Waals surface area (Å²) in [5.74, 6) is -0.0799. The molecule has 3 rings (SSSR count). The number of likely N-dealkylation sites (tertiary alicyclic amines) is 2. The maximum Gasteiger partial charge on any atom is 0.255 e. The van der Waals surface area contributed by atoms with Crippen molar-refractivity contribution in [2.45, 2.75) is 120 Å². The molecule has 0 aromatic heterocycles. The SMILES string of the molecule is COc1cc(N)c(Cl)cc1C(=O)N[C@@H]1CCN(CCCCCC(=O)N(C)C2CCCCN2CCCCCC(=O)NC[C@H](O)[C@@H](O)[C@H](O)[C@H](O)CO)C[C@@H]1OC. The molecule has 16 nitrogen and oxygen atoms in total. The Bertz CT molecular complexity index is 1350. The van der Waals surface area contributed by atoms with Gasteiger partial charge in [-0.2, -0.15) is 0 Å². The molecule has 2 aliphatic rings. The van der Waals surface area contributed by atoms with E-state index in [1.165, 1.54) is 13.2 Å². The molecular weight excluding hydrogens is 736 g/mol. The van der Waals surface area contributed by atoms with Crippen molar-refractivity contribution in [2.24, 2.45) is 0 Å². The van der Waals surface area contributed by atoms with Crippen LogP contribution >= 0.6 is 11.6 Å². The Morgan fingerprint density at radius 1 is 0.945 bits per heavy atom. The fourth-order valence-electron chi connectivity index (χ4n) is 7.32. The molecule has 1 aromatic carbocycles. The van der Waals surface area contributed by atoms with Gasteiger partial charge in [-0.05, 0) is 64.0 Å². The fraction of sp³-hybridized carbons (Fsp3) is 0.763. The quantitative estimate of drug-likeness (QED) is 0.0564. The zero-order valence-corrected chi connectivity index (χ0v) is 33.5. The Hall–Kier alpha value is -2.80. The predicted molar refractivity (Wildman–Crippen MR) is 209 cm³/mol. The molecule has 55 heavy (non-hydrogen) atoms. The number of unbranched alkanes of at least 4 members (excludes halogenated alkanes) is 4. The first-order valence-corrected chi connectivity index (χ1v) is 20.0. The largest absolute Gasteiger partial charge is 0.496 e. The van der Waals surface area contributed by atoms with Gasteiger partial charge in [0.1, 0.15) is 24.1 Å². The average Bonchev–Trinajstić information content (AvgIpc) is 3.19. The van der Waals surface area contributed by atoms with Gasteiger partial charge in [0.25, 0.3) is 5.91 Å². The van der Waals surface area contributed by atoms with Crippen molar-refractivity contribution in [3.63, 3.8) is 0 Å². The number of hydrogen-bond acceptors (Lipinski definition) is 13. The van der Waals surface area contributed by atoms with Gasteiger partial charge in [0.2, 0.25) is 11.8 Å². The highest BCUT2D eigenvalue weighted by molar-refractivity contribution is 6.33. The number of amides is 3. The number of hydrogen-bond donors (Lipinski definition) is 8. The molecule has 0 bridgehead atoms. The van der Waals surface area contributed by atoms with Crippen molar-refractivity contribution in [2.75, 3.05) is 72.9 Å². The maximum absolute atomic E-state index is 13.2. The first kappa shape index (κ1) is 46.6. The van der Waals surface area contributed by atoms with Crippen molar-refractivity contribution in [1.82, 2.24) is 25.3 Å². The normalized spacial score (nSPS) is 21.7. The van der Waals surface area contributed by atoms with Gasteiger partial charge in [-0.15, -0.1) is 0 Å². The van der Waals surface area contributed by atoms with Crippen LogP contribution in [0.2, 0.25) is 5.02 Å². The van der Waals surface area contributed by atoms with Gasteiger partial charge in [0, 0.05) is 65.8 Å². The van der Waals surface area contributed by atoms with E-state index in [0.29, 0.717) is 36.4 Å². The Balaban J connectivity index is 1.31. The Morgan fingerprint density at radius 2 is 1.64 bits per heavy atom. The lowest BCUT2D eigenvalue weighted by atomic mass is 10.00. The average molecular weight is 801 g/mol. The lowest BCUT2D eigenvalue weighted by Crippen LogP contribution is -2.54. The van der Waals surface area contributed by atoms with Gasteiger partial charge in [0.05, 0.1) is 54.4 Å². The van der Waals surface area contributed by atoms with Gasteiger partial charge >= 0.3 is 0 Å². The molecule has 0 aliphatic carbocycles. The third kappa shape index (κ3) is 14.6. The van der Waals surface area contributed by atoms with E-state index in [1.54, 1.807) is 13.2 Å². The fourth-order valence-corrected chi connectivity index (χ4v) is 7.48. The highest BCUT2D eigenvalue weighted by Gasteiger charge is 2.32. The van der Waals surface area contributed by atoms with Gasteiger partial charge in [-0.1, -0.05) is 24.4 Å². The van der Waals surface area contributed by atoms with Crippen LogP contribution in [0.4, 0.5) is 5.69 Å². The summed E-state index contributed by atoms with van der Waals surface area (Å²) in [5.41, 5.74) is 6.53. The van der Waals surface area contributed by atoms with E-state index in [9.17, 15) is 34.8 Å². The van der Waals surface area contributed by atoms with Gasteiger partial charge in [0.15, 0.2) is 0 Å². The van der Waals surface area contributed by atoms with Gasteiger partial charge in [-0.25, -0.2) is 0 Å². The van der Waals surface area contributed by atoms with E-state index in [2.05, 4.69) is 20.4 Å². The summed E-state index contributed by atoms with van der Waals surface area (Å²) in [6.45, 7) is 3.08. The number of nitrogens with one attached hydrogen (secondary N) is 2. The molecular formula is C38H65ClN6O10. The number of piperidine rings is 2. The summed E-state index contributed by atoms with van der Waals surface area (Å²) in [7, 11) is 5.03. The lowest BCUT2D eigenvalue weighted by molar-refractivity contribution is -0.137. The molecule has 0 radical (unpaired) electrons. The first-order chi connectivity index (χ1) is 26.3. The van der Waals surface area contributed by atoms with Crippen molar-refractivity contribution in [1.29, 1.82) is 0 Å². The van der Waals surface area contributed by atoms with Crippen LogP contribution in [0, 0.1) is 0 Å². The van der Waals surface area contributed by atoms with Crippen LogP contribution < -0.4 is 21.1 Å². The van der Waals surface area contributed by atoms with E-state index in [0.717, 1.165) is 84.0 Å². The van der Waals surface area contributed by atoms with Crippen molar-refractivity contribution in [3.8, 4) is 5.75 Å². The minimum Gasteiger partial charge on any atom is -0.496 e. The van der Waals surface area contributed by atoms with E-state index >= 15 is 0 Å². The zero-order chi connectivity index (χ0) is 40.5. The molecule has 9 N–H and O–H groups in total. The van der Waals surface area contributed by atoms with Gasteiger partial charge in [-0.3, -0.25) is 19.3 Å². The summed E-state index contributed by atoms with van der Waals surface area (Å²) in [5, 5.41) is 53.8. The molecule has 2 fully saturated rings. The number of anilines is 1. The lowest BCUT2D eigenvalue weighted by Gasteiger charge is -2.41. The van der Waals surface area contributed by atoms with Crippen molar-refractivity contribution < 1.29 is 49.4 Å². The van der Waals surface area contributed by atoms with Crippen LogP contribution in [0.5, 0.6) is 5.75 Å². The molecule has 17 heteroatoms. The number of carbonyl (C=O) groups is 3. The van der Waals surface area contributed by atoms with E-state index < -0.39 is 31.0 Å². The first-order valence-electron chi connectivity index (χ1n) is 19.6. The van der Waals surface area contributed by atoms with Crippen LogP contribution in [0.3, 0.4) is 0 Å². The summed E-state index contributed by atoms with van der Waals surface area (Å²) >= 11 is 6.17. The standard InChI is InChI=1S/C38H65ClN6O10/c1-43(34-13-8-11-18-45(34)17-10-4-6-12-33(49)41-22-29(47)36(51)37(52)30(48)24-46)35(50)14-7-5-9-16-44-19-15-28(32(23-44)55-3)42-38(53)25-20-26(39)27(40)21-31(25)54-2/h20-21,28-30,32,34,36-37,46-48,51-52H,4-19,22-24,40H2,1-3H3,(H,41,49)(H,42,53)/t28-,29+,30-,32+,34?,36-,37-/m1/s1. The molecule has 2 aliphatic heterocycles. The number of nitrogen functional groups attached to an aromatic ring is 1. The third-order valence-electron chi connectivity index (χ3n) is 10.8. The summed E-state index contributed by atoms with van der Waals surface area (Å²) in [4.78, 5) is 45.2. The Labute approximate surface area is 330 Å². The maximum atomic E-state index is 13.2. The van der Waals surface area contributed by atoms with Crippen LogP contribution in [0.15, 0.2) is 12.1 Å². The predicted octanol–water partition coefficient (Wildman–Crippen LogP) is 0.693. The number of methoxy groups -OCH3 is 2. The molecule has 3 amide bonds. The van der Waals surface area contributed by atoms with E-state index in [-0.39, 0.29) is 54.0 Å². The number of halogens is 1. The van der Waals surface area contributed by atoms with Crippen LogP contribution in [-0.4, -0.2) is 168 Å². The summed E-state index contributed by atoms with van der Waals surface area (Å²) in [6.07, 6.45) is 2.92. The minimum atomic E-state index is -1.74. The Kier molecular flexibility index (Phi) is 20.4. The topological polar surface area (TPSA) is 231 Å². The number of benzene rings is 1. The monoisotopic (exact) mass is 800 g/mol. The second-order valence-electron chi connectivity index (χ2n) is 14.8. The third-order valence-corrected chi connectivity index (χ3v) is 11.1. The number of ether oxygens (including phenoxy) is 2. The second-order valence-corrected chi connectivity index (χ2v) is 15.2. The molecule has 1 aromatic rings. The zero-order valence-electron chi connectivity index (χ0n) is 32.7. The second kappa shape index (κ2) is 24.1. The van der Waals surface area contributed by atoms with Crippen molar-refractivity contribution >= 4 is 35.0 Å².